The van der Waals surface area contributed by atoms with E-state index < -0.39 is 0 Å². The maximum Gasteiger partial charge on any atom is 0.269 e. The number of rotatable bonds is 10. The molecular formula is C21H28N4O3. The van der Waals surface area contributed by atoms with Gasteiger partial charge in [-0.1, -0.05) is 18.2 Å². The minimum absolute atomic E-state index is 0.204. The van der Waals surface area contributed by atoms with Crippen molar-refractivity contribution in [1.29, 1.82) is 0 Å². The number of hydrogen-bond acceptors (Lipinski definition) is 5. The van der Waals surface area contributed by atoms with Crippen LogP contribution in [0.1, 0.15) is 32.8 Å². The number of aromatic nitrogens is 1. The Hall–Kier alpha value is -2.93. The average Bonchev–Trinajstić information content (AvgIpc) is 2.71. The zero-order valence-corrected chi connectivity index (χ0v) is 16.7. The summed E-state index contributed by atoms with van der Waals surface area (Å²) in [5, 5.41) is 5.69. The highest BCUT2D eigenvalue weighted by Gasteiger charge is 2.12. The van der Waals surface area contributed by atoms with Crippen molar-refractivity contribution in [2.45, 2.75) is 12.8 Å². The van der Waals surface area contributed by atoms with Crippen LogP contribution in [0.2, 0.25) is 0 Å². The number of amides is 2. The van der Waals surface area contributed by atoms with E-state index >= 15 is 0 Å². The molecule has 2 rings (SSSR count). The maximum absolute atomic E-state index is 12.4. The molecule has 7 heteroatoms. The number of methoxy groups -OCH3 is 1. The second kappa shape index (κ2) is 11.0. The highest BCUT2D eigenvalue weighted by Crippen LogP contribution is 2.17. The summed E-state index contributed by atoms with van der Waals surface area (Å²) in [6.45, 7) is 1.93. The van der Waals surface area contributed by atoms with Crippen LogP contribution in [0, 0.1) is 0 Å². The van der Waals surface area contributed by atoms with Crippen molar-refractivity contribution < 1.29 is 14.3 Å². The van der Waals surface area contributed by atoms with Crippen LogP contribution in [0.4, 0.5) is 0 Å². The molecule has 150 valence electrons. The summed E-state index contributed by atoms with van der Waals surface area (Å²) in [6.07, 6.45) is 2.98. The smallest absolute Gasteiger partial charge is 0.269 e. The normalized spacial score (nSPS) is 10.6. The van der Waals surface area contributed by atoms with Crippen LogP contribution in [0.25, 0.3) is 0 Å². The lowest BCUT2D eigenvalue weighted by atomic mass is 10.1. The fraction of sp³-hybridized carbons (Fsp3) is 0.381. The van der Waals surface area contributed by atoms with E-state index in [9.17, 15) is 9.59 Å². The van der Waals surface area contributed by atoms with Crippen molar-refractivity contribution in [2.75, 3.05) is 40.8 Å². The van der Waals surface area contributed by atoms with Crippen LogP contribution < -0.4 is 15.4 Å². The van der Waals surface area contributed by atoms with E-state index in [2.05, 4.69) is 20.5 Å². The van der Waals surface area contributed by atoms with Gasteiger partial charge in [0.1, 0.15) is 11.4 Å². The molecule has 0 saturated carbocycles. The van der Waals surface area contributed by atoms with Gasteiger partial charge in [-0.3, -0.25) is 14.6 Å². The van der Waals surface area contributed by atoms with Gasteiger partial charge in [-0.25, -0.2) is 0 Å². The first-order chi connectivity index (χ1) is 13.5. The van der Waals surface area contributed by atoms with Gasteiger partial charge in [0.15, 0.2) is 0 Å². The number of hydrogen-bond donors (Lipinski definition) is 2. The third-order valence-electron chi connectivity index (χ3n) is 4.19. The molecule has 0 radical (unpaired) electrons. The van der Waals surface area contributed by atoms with E-state index in [1.165, 1.54) is 12.3 Å². The van der Waals surface area contributed by atoms with Crippen molar-refractivity contribution in [3.63, 3.8) is 0 Å². The number of carbonyl (C=O) groups is 2. The van der Waals surface area contributed by atoms with Crippen molar-refractivity contribution in [3.8, 4) is 5.75 Å². The van der Waals surface area contributed by atoms with E-state index in [0.717, 1.165) is 24.3 Å². The number of para-hydroxylation sites is 1. The molecule has 0 unspecified atom stereocenters. The Balaban J connectivity index is 1.86. The molecule has 0 aliphatic heterocycles. The minimum Gasteiger partial charge on any atom is -0.496 e. The molecule has 1 aromatic heterocycles. The predicted octanol–water partition coefficient (Wildman–Crippen LogP) is 1.74. The quantitative estimate of drug-likeness (QED) is 0.610. The molecule has 0 fully saturated rings. The fourth-order valence-corrected chi connectivity index (χ4v) is 2.71. The lowest BCUT2D eigenvalue weighted by Crippen LogP contribution is -2.29. The SMILES string of the molecule is COc1ccccc1CCNC(=O)c1cc(C(=O)NCCCN(C)C)ccn1. The fourth-order valence-electron chi connectivity index (χ4n) is 2.71. The standard InChI is InChI=1S/C21H28N4O3/c1-25(2)14-6-11-23-20(26)17-10-12-22-18(15-17)21(27)24-13-9-16-7-4-5-8-19(16)28-3/h4-5,7-8,10,12,15H,6,9,11,13-14H2,1-3H3,(H,23,26)(H,24,27). The number of nitrogens with zero attached hydrogens (tertiary/aromatic N) is 2. The van der Waals surface area contributed by atoms with E-state index in [-0.39, 0.29) is 17.5 Å². The largest absolute Gasteiger partial charge is 0.496 e. The topological polar surface area (TPSA) is 83.6 Å². The molecule has 2 amide bonds. The first-order valence-electron chi connectivity index (χ1n) is 9.30. The Labute approximate surface area is 166 Å². The van der Waals surface area contributed by atoms with Crippen molar-refractivity contribution in [1.82, 2.24) is 20.5 Å². The number of pyridine rings is 1. The van der Waals surface area contributed by atoms with Crippen molar-refractivity contribution in [2.24, 2.45) is 0 Å². The molecule has 7 nitrogen and oxygen atoms in total. The summed E-state index contributed by atoms with van der Waals surface area (Å²) in [4.78, 5) is 30.7. The minimum atomic E-state index is -0.308. The Morgan fingerprint density at radius 2 is 1.82 bits per heavy atom. The van der Waals surface area contributed by atoms with Gasteiger partial charge in [0, 0.05) is 24.8 Å². The molecule has 0 aliphatic rings. The Bertz CT molecular complexity index is 793. The van der Waals surface area contributed by atoms with E-state index in [1.54, 1.807) is 13.2 Å². The molecule has 0 aliphatic carbocycles. The zero-order valence-electron chi connectivity index (χ0n) is 16.7. The third-order valence-corrected chi connectivity index (χ3v) is 4.19. The summed E-state index contributed by atoms with van der Waals surface area (Å²) in [5.74, 6) is 0.282. The highest BCUT2D eigenvalue weighted by molar-refractivity contribution is 5.98. The molecule has 1 heterocycles. The summed E-state index contributed by atoms with van der Waals surface area (Å²) in [7, 11) is 5.60. The molecule has 0 atom stereocenters. The second-order valence-electron chi connectivity index (χ2n) is 6.66. The molecule has 2 N–H and O–H groups in total. The molecule has 28 heavy (non-hydrogen) atoms. The maximum atomic E-state index is 12.4. The van der Waals surface area contributed by atoms with Crippen molar-refractivity contribution in [3.05, 3.63) is 59.4 Å². The van der Waals surface area contributed by atoms with Gasteiger partial charge in [0.05, 0.1) is 7.11 Å². The molecule has 0 bridgehead atoms. The number of ether oxygens (including phenoxy) is 1. The summed E-state index contributed by atoms with van der Waals surface area (Å²) in [5.41, 5.74) is 1.67. The first-order valence-corrected chi connectivity index (χ1v) is 9.30. The first kappa shape index (κ1) is 21.4. The van der Waals surface area contributed by atoms with Crippen molar-refractivity contribution >= 4 is 11.8 Å². The van der Waals surface area contributed by atoms with Gasteiger partial charge in [-0.05, 0) is 57.2 Å². The van der Waals surface area contributed by atoms with Gasteiger partial charge >= 0.3 is 0 Å². The predicted molar refractivity (Wildman–Crippen MR) is 109 cm³/mol. The molecule has 0 spiro atoms. The molecule has 0 saturated heterocycles. The molecule has 1 aromatic carbocycles. The summed E-state index contributed by atoms with van der Waals surface area (Å²) in [6, 6.07) is 10.8. The Morgan fingerprint density at radius 3 is 2.57 bits per heavy atom. The van der Waals surface area contributed by atoms with Gasteiger partial charge in [0.2, 0.25) is 0 Å². The third kappa shape index (κ3) is 6.66. The Kier molecular flexibility index (Phi) is 8.42. The molecular weight excluding hydrogens is 356 g/mol. The van der Waals surface area contributed by atoms with Gasteiger partial charge < -0.3 is 20.3 Å². The van der Waals surface area contributed by atoms with Crippen LogP contribution in [0.3, 0.4) is 0 Å². The summed E-state index contributed by atoms with van der Waals surface area (Å²) >= 11 is 0. The van der Waals surface area contributed by atoms with E-state index in [4.69, 9.17) is 4.74 Å². The Morgan fingerprint density at radius 1 is 1.07 bits per heavy atom. The number of carbonyl (C=O) groups excluding carboxylic acids is 2. The van der Waals surface area contributed by atoms with Crippen LogP contribution >= 0.6 is 0 Å². The van der Waals surface area contributed by atoms with E-state index in [1.807, 2.05) is 38.4 Å². The lowest BCUT2D eigenvalue weighted by Gasteiger charge is -2.10. The molecule has 2 aromatic rings. The van der Waals surface area contributed by atoms with Crippen LogP contribution in [0.5, 0.6) is 5.75 Å². The number of benzene rings is 1. The van der Waals surface area contributed by atoms with Crippen LogP contribution in [0.15, 0.2) is 42.6 Å². The second-order valence-corrected chi connectivity index (χ2v) is 6.66. The van der Waals surface area contributed by atoms with Gasteiger partial charge in [0.25, 0.3) is 11.8 Å². The van der Waals surface area contributed by atoms with Gasteiger partial charge in [-0.2, -0.15) is 0 Å². The average molecular weight is 384 g/mol. The summed E-state index contributed by atoms with van der Waals surface area (Å²) < 4.78 is 5.31. The monoisotopic (exact) mass is 384 g/mol. The van der Waals surface area contributed by atoms with E-state index in [0.29, 0.717) is 25.1 Å². The van der Waals surface area contributed by atoms with Crippen LogP contribution in [-0.2, 0) is 6.42 Å². The highest BCUT2D eigenvalue weighted by atomic mass is 16.5. The lowest BCUT2D eigenvalue weighted by molar-refractivity contribution is 0.0949. The van der Waals surface area contributed by atoms with Crippen LogP contribution in [-0.4, -0.2) is 62.5 Å². The zero-order chi connectivity index (χ0) is 20.4. The number of nitrogens with one attached hydrogen (secondary N) is 2. The van der Waals surface area contributed by atoms with Gasteiger partial charge in [-0.15, -0.1) is 0 Å².